The maximum Gasteiger partial charge on any atom is 0.240 e. The molecule has 0 radical (unpaired) electrons. The average molecular weight is 274 g/mol. The summed E-state index contributed by atoms with van der Waals surface area (Å²) < 4.78 is 0. The summed E-state index contributed by atoms with van der Waals surface area (Å²) in [5, 5.41) is 3.50. The van der Waals surface area contributed by atoms with E-state index >= 15 is 0 Å². The Morgan fingerprint density at radius 3 is 2.60 bits per heavy atom. The average Bonchev–Trinajstić information content (AvgIpc) is 2.74. The summed E-state index contributed by atoms with van der Waals surface area (Å²) in [7, 11) is 0. The zero-order chi connectivity index (χ0) is 14.7. The van der Waals surface area contributed by atoms with E-state index in [-0.39, 0.29) is 11.9 Å². The molecule has 0 aliphatic carbocycles. The topological polar surface area (TPSA) is 32.3 Å². The van der Waals surface area contributed by atoms with Crippen LogP contribution in [0.4, 0.5) is 0 Å². The van der Waals surface area contributed by atoms with Crippen molar-refractivity contribution in [2.24, 2.45) is 0 Å². The number of rotatable bonds is 5. The first kappa shape index (κ1) is 15.0. The molecule has 1 fully saturated rings. The normalized spacial score (nSPS) is 20.8. The van der Waals surface area contributed by atoms with Crippen LogP contribution in [-0.4, -0.2) is 35.5 Å². The Bertz CT molecular complexity index is 470. The first-order chi connectivity index (χ1) is 9.49. The standard InChI is InChI=1S/C17H26N2O/c1-12(2)19-10-9-16(17(19)20)18-14(4)11-15-8-6-5-7-13(15)3/h5-8,12,14,16,18H,9-11H2,1-4H3. The lowest BCUT2D eigenvalue weighted by Crippen LogP contribution is -2.44. The fourth-order valence-corrected chi connectivity index (χ4v) is 2.94. The predicted molar refractivity (Wildman–Crippen MR) is 82.7 cm³/mol. The SMILES string of the molecule is Cc1ccccc1CC(C)NC1CCN(C(C)C)C1=O. The Hall–Kier alpha value is -1.35. The van der Waals surface area contributed by atoms with Gasteiger partial charge in [-0.3, -0.25) is 4.79 Å². The number of aryl methyl sites for hydroxylation is 1. The van der Waals surface area contributed by atoms with E-state index < -0.39 is 0 Å². The van der Waals surface area contributed by atoms with Crippen molar-refractivity contribution < 1.29 is 4.79 Å². The lowest BCUT2D eigenvalue weighted by atomic mass is 10.0. The van der Waals surface area contributed by atoms with Crippen LogP contribution in [0, 0.1) is 6.92 Å². The molecule has 1 N–H and O–H groups in total. The molecule has 1 aromatic carbocycles. The van der Waals surface area contributed by atoms with Gasteiger partial charge in [-0.2, -0.15) is 0 Å². The van der Waals surface area contributed by atoms with Gasteiger partial charge in [-0.1, -0.05) is 24.3 Å². The Balaban J connectivity index is 1.91. The number of nitrogens with one attached hydrogen (secondary N) is 1. The maximum atomic E-state index is 12.3. The van der Waals surface area contributed by atoms with E-state index in [0.29, 0.717) is 12.1 Å². The highest BCUT2D eigenvalue weighted by atomic mass is 16.2. The molecule has 0 aromatic heterocycles. The van der Waals surface area contributed by atoms with Crippen molar-refractivity contribution in [2.75, 3.05) is 6.54 Å². The molecule has 1 heterocycles. The van der Waals surface area contributed by atoms with Crippen LogP contribution in [0.25, 0.3) is 0 Å². The number of hydrogen-bond acceptors (Lipinski definition) is 2. The molecular formula is C17H26N2O. The fraction of sp³-hybridized carbons (Fsp3) is 0.588. The molecule has 3 nitrogen and oxygen atoms in total. The Morgan fingerprint density at radius 2 is 2.00 bits per heavy atom. The zero-order valence-corrected chi connectivity index (χ0v) is 13.0. The highest BCUT2D eigenvalue weighted by molar-refractivity contribution is 5.84. The van der Waals surface area contributed by atoms with Crippen LogP contribution >= 0.6 is 0 Å². The number of benzene rings is 1. The van der Waals surface area contributed by atoms with E-state index in [2.05, 4.69) is 57.3 Å². The van der Waals surface area contributed by atoms with Gasteiger partial charge in [0.05, 0.1) is 6.04 Å². The maximum absolute atomic E-state index is 12.3. The fourth-order valence-electron chi connectivity index (χ4n) is 2.94. The van der Waals surface area contributed by atoms with Gasteiger partial charge in [-0.05, 0) is 51.7 Å². The molecule has 0 saturated carbocycles. The first-order valence-electron chi connectivity index (χ1n) is 7.60. The summed E-state index contributed by atoms with van der Waals surface area (Å²) in [6.45, 7) is 9.35. The first-order valence-corrected chi connectivity index (χ1v) is 7.60. The summed E-state index contributed by atoms with van der Waals surface area (Å²) in [5.74, 6) is 0.261. The molecular weight excluding hydrogens is 248 g/mol. The molecule has 1 aliphatic heterocycles. The number of likely N-dealkylation sites (tertiary alicyclic amines) is 1. The zero-order valence-electron chi connectivity index (χ0n) is 13.0. The van der Waals surface area contributed by atoms with Gasteiger partial charge >= 0.3 is 0 Å². The van der Waals surface area contributed by atoms with Gasteiger partial charge in [0.2, 0.25) is 5.91 Å². The van der Waals surface area contributed by atoms with Crippen LogP contribution in [0.2, 0.25) is 0 Å². The highest BCUT2D eigenvalue weighted by Gasteiger charge is 2.33. The van der Waals surface area contributed by atoms with Crippen LogP contribution in [0.15, 0.2) is 24.3 Å². The summed E-state index contributed by atoms with van der Waals surface area (Å²) in [5.41, 5.74) is 2.68. The molecule has 2 unspecified atom stereocenters. The molecule has 3 heteroatoms. The van der Waals surface area contributed by atoms with Crippen LogP contribution in [0.3, 0.4) is 0 Å². The van der Waals surface area contributed by atoms with Gasteiger partial charge in [0, 0.05) is 18.6 Å². The van der Waals surface area contributed by atoms with Crippen molar-refractivity contribution in [1.82, 2.24) is 10.2 Å². The van der Waals surface area contributed by atoms with E-state index in [1.807, 2.05) is 4.90 Å². The van der Waals surface area contributed by atoms with E-state index in [0.717, 1.165) is 19.4 Å². The second kappa shape index (κ2) is 6.40. The second-order valence-corrected chi connectivity index (χ2v) is 6.16. The number of amides is 1. The highest BCUT2D eigenvalue weighted by Crippen LogP contribution is 2.16. The van der Waals surface area contributed by atoms with Crippen molar-refractivity contribution in [2.45, 2.75) is 58.7 Å². The van der Waals surface area contributed by atoms with Crippen LogP contribution in [0.1, 0.15) is 38.3 Å². The third-order valence-electron chi connectivity index (χ3n) is 4.14. The van der Waals surface area contributed by atoms with E-state index in [4.69, 9.17) is 0 Å². The molecule has 0 bridgehead atoms. The van der Waals surface area contributed by atoms with Crippen molar-refractivity contribution >= 4 is 5.91 Å². The van der Waals surface area contributed by atoms with Crippen molar-refractivity contribution in [1.29, 1.82) is 0 Å². The minimum Gasteiger partial charge on any atom is -0.339 e. The molecule has 1 saturated heterocycles. The van der Waals surface area contributed by atoms with Crippen molar-refractivity contribution in [3.8, 4) is 0 Å². The summed E-state index contributed by atoms with van der Waals surface area (Å²) in [6, 6.07) is 9.08. The minimum atomic E-state index is -0.00332. The van der Waals surface area contributed by atoms with Gasteiger partial charge in [-0.15, -0.1) is 0 Å². The Labute approximate surface area is 122 Å². The molecule has 1 aliphatic rings. The van der Waals surface area contributed by atoms with Crippen LogP contribution in [0.5, 0.6) is 0 Å². The van der Waals surface area contributed by atoms with E-state index in [9.17, 15) is 4.79 Å². The quantitative estimate of drug-likeness (QED) is 0.895. The predicted octanol–water partition coefficient (Wildman–Crippen LogP) is 2.52. The molecule has 20 heavy (non-hydrogen) atoms. The minimum absolute atomic E-state index is 0.00332. The molecule has 1 aromatic rings. The number of carbonyl (C=O) groups is 1. The smallest absolute Gasteiger partial charge is 0.240 e. The van der Waals surface area contributed by atoms with Gasteiger partial charge in [0.1, 0.15) is 0 Å². The Morgan fingerprint density at radius 1 is 1.30 bits per heavy atom. The van der Waals surface area contributed by atoms with E-state index in [1.54, 1.807) is 0 Å². The Kier molecular flexibility index (Phi) is 4.81. The summed E-state index contributed by atoms with van der Waals surface area (Å²) >= 11 is 0. The van der Waals surface area contributed by atoms with Crippen LogP contribution in [-0.2, 0) is 11.2 Å². The number of carbonyl (C=O) groups excluding carboxylic acids is 1. The lowest BCUT2D eigenvalue weighted by Gasteiger charge is -2.23. The third kappa shape index (κ3) is 3.40. The molecule has 2 rings (SSSR count). The number of hydrogen-bond donors (Lipinski definition) is 1. The third-order valence-corrected chi connectivity index (χ3v) is 4.14. The monoisotopic (exact) mass is 274 g/mol. The van der Waals surface area contributed by atoms with Crippen molar-refractivity contribution in [3.63, 3.8) is 0 Å². The van der Waals surface area contributed by atoms with Crippen LogP contribution < -0.4 is 5.32 Å². The van der Waals surface area contributed by atoms with Gasteiger partial charge in [0.15, 0.2) is 0 Å². The molecule has 0 spiro atoms. The summed E-state index contributed by atoms with van der Waals surface area (Å²) in [6.07, 6.45) is 1.90. The lowest BCUT2D eigenvalue weighted by molar-refractivity contribution is -0.130. The van der Waals surface area contributed by atoms with E-state index in [1.165, 1.54) is 11.1 Å². The largest absolute Gasteiger partial charge is 0.339 e. The molecule has 110 valence electrons. The van der Waals surface area contributed by atoms with Gasteiger partial charge < -0.3 is 10.2 Å². The molecule has 2 atom stereocenters. The molecule has 1 amide bonds. The second-order valence-electron chi connectivity index (χ2n) is 6.16. The van der Waals surface area contributed by atoms with Gasteiger partial charge in [-0.25, -0.2) is 0 Å². The van der Waals surface area contributed by atoms with Crippen molar-refractivity contribution in [3.05, 3.63) is 35.4 Å². The summed E-state index contributed by atoms with van der Waals surface area (Å²) in [4.78, 5) is 14.2. The van der Waals surface area contributed by atoms with Gasteiger partial charge in [0.25, 0.3) is 0 Å². The number of nitrogens with zero attached hydrogens (tertiary/aromatic N) is 1.